The molecule has 0 saturated heterocycles. The standard InChI is InChI=1S/C15H20F3NO2/c1-5-14(3,4)12(13(20)21)19-11-7-9(2)6-10(8-11)15(16,17)18/h6-8,12,19H,5H2,1-4H3,(H,20,21)/t12-/m1/s1. The van der Waals surface area contributed by atoms with Gasteiger partial charge in [0.2, 0.25) is 0 Å². The van der Waals surface area contributed by atoms with Crippen LogP contribution in [0.2, 0.25) is 0 Å². The van der Waals surface area contributed by atoms with E-state index in [0.717, 1.165) is 12.1 Å². The molecule has 1 aromatic carbocycles. The van der Waals surface area contributed by atoms with Crippen LogP contribution in [-0.4, -0.2) is 17.1 Å². The zero-order valence-corrected chi connectivity index (χ0v) is 12.5. The van der Waals surface area contributed by atoms with Crippen LogP contribution in [0.3, 0.4) is 0 Å². The number of aliphatic carboxylic acids is 1. The van der Waals surface area contributed by atoms with E-state index in [-0.39, 0.29) is 5.69 Å². The fourth-order valence-corrected chi connectivity index (χ4v) is 1.99. The van der Waals surface area contributed by atoms with Crippen LogP contribution in [0.1, 0.15) is 38.3 Å². The predicted molar refractivity (Wildman–Crippen MR) is 75.3 cm³/mol. The summed E-state index contributed by atoms with van der Waals surface area (Å²) in [5.74, 6) is -1.09. The highest BCUT2D eigenvalue weighted by molar-refractivity contribution is 5.78. The summed E-state index contributed by atoms with van der Waals surface area (Å²) in [6, 6.07) is 2.52. The third kappa shape index (κ3) is 4.37. The molecule has 0 aliphatic heterocycles. The van der Waals surface area contributed by atoms with E-state index in [2.05, 4.69) is 5.32 Å². The van der Waals surface area contributed by atoms with Crippen molar-refractivity contribution in [2.75, 3.05) is 5.32 Å². The van der Waals surface area contributed by atoms with Gasteiger partial charge in [0.25, 0.3) is 0 Å². The van der Waals surface area contributed by atoms with E-state index in [0.29, 0.717) is 12.0 Å². The quantitative estimate of drug-likeness (QED) is 0.852. The third-order valence-electron chi connectivity index (χ3n) is 3.66. The Morgan fingerprint density at radius 1 is 1.29 bits per heavy atom. The number of hydrogen-bond acceptors (Lipinski definition) is 2. The number of anilines is 1. The molecule has 0 unspecified atom stereocenters. The second-order valence-corrected chi connectivity index (χ2v) is 5.84. The Morgan fingerprint density at radius 3 is 2.29 bits per heavy atom. The van der Waals surface area contributed by atoms with Crippen LogP contribution in [0.5, 0.6) is 0 Å². The number of carbonyl (C=O) groups is 1. The van der Waals surface area contributed by atoms with Crippen LogP contribution in [-0.2, 0) is 11.0 Å². The summed E-state index contributed by atoms with van der Waals surface area (Å²) < 4.78 is 38.4. The Morgan fingerprint density at radius 2 is 1.86 bits per heavy atom. The molecule has 0 radical (unpaired) electrons. The lowest BCUT2D eigenvalue weighted by Crippen LogP contribution is -2.42. The normalized spacial score (nSPS) is 13.9. The molecule has 0 heterocycles. The number of carboxylic acid groups (broad SMARTS) is 1. The molecule has 0 amide bonds. The molecule has 0 fully saturated rings. The molecule has 0 aromatic heterocycles. The van der Waals surface area contributed by atoms with E-state index in [9.17, 15) is 23.1 Å². The number of rotatable bonds is 5. The molecule has 1 aromatic rings. The van der Waals surface area contributed by atoms with Crippen molar-refractivity contribution in [2.45, 2.75) is 46.3 Å². The second kappa shape index (κ2) is 5.95. The Balaban J connectivity index is 3.16. The summed E-state index contributed by atoms with van der Waals surface area (Å²) >= 11 is 0. The first-order valence-corrected chi connectivity index (χ1v) is 6.65. The fourth-order valence-electron chi connectivity index (χ4n) is 1.99. The van der Waals surface area contributed by atoms with Crippen LogP contribution in [0.25, 0.3) is 0 Å². The Bertz CT molecular complexity index is 524. The minimum atomic E-state index is -4.46. The second-order valence-electron chi connectivity index (χ2n) is 5.84. The van der Waals surface area contributed by atoms with Crippen molar-refractivity contribution in [1.82, 2.24) is 0 Å². The molecule has 0 aliphatic carbocycles. The molecule has 2 N–H and O–H groups in total. The molecule has 1 rings (SSSR count). The zero-order chi connectivity index (χ0) is 16.4. The fraction of sp³-hybridized carbons (Fsp3) is 0.533. The van der Waals surface area contributed by atoms with Gasteiger partial charge in [0, 0.05) is 5.69 Å². The maximum absolute atomic E-state index is 12.8. The molecular weight excluding hydrogens is 283 g/mol. The van der Waals surface area contributed by atoms with Crippen molar-refractivity contribution in [2.24, 2.45) is 5.41 Å². The predicted octanol–water partition coefficient (Wildman–Crippen LogP) is 4.32. The number of benzene rings is 1. The van der Waals surface area contributed by atoms with Gasteiger partial charge in [-0.2, -0.15) is 13.2 Å². The van der Waals surface area contributed by atoms with Crippen molar-refractivity contribution < 1.29 is 23.1 Å². The number of halogens is 3. The van der Waals surface area contributed by atoms with Gasteiger partial charge in [-0.3, -0.25) is 0 Å². The number of hydrogen-bond donors (Lipinski definition) is 2. The van der Waals surface area contributed by atoms with Gasteiger partial charge in [-0.25, -0.2) is 4.79 Å². The van der Waals surface area contributed by atoms with Crippen molar-refractivity contribution in [3.63, 3.8) is 0 Å². The number of carboxylic acids is 1. The van der Waals surface area contributed by atoms with Crippen molar-refractivity contribution in [3.05, 3.63) is 29.3 Å². The highest BCUT2D eigenvalue weighted by Gasteiger charge is 2.35. The summed E-state index contributed by atoms with van der Waals surface area (Å²) in [5, 5.41) is 12.0. The molecule has 0 spiro atoms. The SMILES string of the molecule is CCC(C)(C)[C@H](Nc1cc(C)cc(C(F)(F)F)c1)C(=O)O. The molecule has 1 atom stereocenters. The van der Waals surface area contributed by atoms with Crippen LogP contribution in [0.15, 0.2) is 18.2 Å². The average Bonchev–Trinajstić information content (AvgIpc) is 2.33. The van der Waals surface area contributed by atoms with Gasteiger partial charge in [0.1, 0.15) is 6.04 Å². The minimum Gasteiger partial charge on any atom is -0.480 e. The summed E-state index contributed by atoms with van der Waals surface area (Å²) in [6.07, 6.45) is -3.88. The molecule has 0 bridgehead atoms. The summed E-state index contributed by atoms with van der Waals surface area (Å²) in [5.41, 5.74) is -0.793. The van der Waals surface area contributed by atoms with Gasteiger partial charge < -0.3 is 10.4 Å². The Hall–Kier alpha value is -1.72. The number of nitrogens with one attached hydrogen (secondary N) is 1. The van der Waals surface area contributed by atoms with E-state index in [1.807, 2.05) is 6.92 Å². The number of alkyl halides is 3. The maximum Gasteiger partial charge on any atom is 0.416 e. The van der Waals surface area contributed by atoms with Crippen LogP contribution in [0.4, 0.5) is 18.9 Å². The Labute approximate surface area is 122 Å². The van der Waals surface area contributed by atoms with Crippen molar-refractivity contribution in [1.29, 1.82) is 0 Å². The molecule has 0 aliphatic rings. The molecule has 6 heteroatoms. The molecular formula is C15H20F3NO2. The lowest BCUT2D eigenvalue weighted by molar-refractivity contribution is -0.140. The Kier molecular flexibility index (Phi) is 4.91. The number of aryl methyl sites for hydroxylation is 1. The van der Waals surface area contributed by atoms with Crippen LogP contribution in [0, 0.1) is 12.3 Å². The monoisotopic (exact) mass is 303 g/mol. The van der Waals surface area contributed by atoms with E-state index < -0.39 is 29.2 Å². The van der Waals surface area contributed by atoms with E-state index >= 15 is 0 Å². The van der Waals surface area contributed by atoms with Gasteiger partial charge in [0.15, 0.2) is 0 Å². The van der Waals surface area contributed by atoms with E-state index in [4.69, 9.17) is 0 Å². The minimum absolute atomic E-state index is 0.163. The van der Waals surface area contributed by atoms with Crippen molar-refractivity contribution >= 4 is 11.7 Å². The first-order chi connectivity index (χ1) is 9.47. The van der Waals surface area contributed by atoms with Gasteiger partial charge in [0.05, 0.1) is 5.56 Å². The van der Waals surface area contributed by atoms with E-state index in [1.54, 1.807) is 20.8 Å². The molecule has 118 valence electrons. The van der Waals surface area contributed by atoms with Gasteiger partial charge >= 0.3 is 12.1 Å². The highest BCUT2D eigenvalue weighted by Crippen LogP contribution is 2.33. The summed E-state index contributed by atoms with van der Waals surface area (Å²) in [7, 11) is 0. The smallest absolute Gasteiger partial charge is 0.416 e. The highest BCUT2D eigenvalue weighted by atomic mass is 19.4. The summed E-state index contributed by atoms with van der Waals surface area (Å²) in [6.45, 7) is 6.91. The first-order valence-electron chi connectivity index (χ1n) is 6.65. The van der Waals surface area contributed by atoms with Crippen LogP contribution >= 0.6 is 0 Å². The topological polar surface area (TPSA) is 49.3 Å². The van der Waals surface area contributed by atoms with E-state index in [1.165, 1.54) is 6.07 Å². The van der Waals surface area contributed by atoms with Crippen molar-refractivity contribution in [3.8, 4) is 0 Å². The summed E-state index contributed by atoms with van der Waals surface area (Å²) in [4.78, 5) is 11.4. The molecule has 21 heavy (non-hydrogen) atoms. The van der Waals surface area contributed by atoms with Gasteiger partial charge in [-0.15, -0.1) is 0 Å². The van der Waals surface area contributed by atoms with Gasteiger partial charge in [-0.05, 0) is 42.5 Å². The lowest BCUT2D eigenvalue weighted by atomic mass is 9.81. The largest absolute Gasteiger partial charge is 0.480 e. The van der Waals surface area contributed by atoms with Crippen LogP contribution < -0.4 is 5.32 Å². The van der Waals surface area contributed by atoms with Gasteiger partial charge in [-0.1, -0.05) is 20.8 Å². The third-order valence-corrected chi connectivity index (χ3v) is 3.66. The maximum atomic E-state index is 12.8. The lowest BCUT2D eigenvalue weighted by Gasteiger charge is -2.31. The first kappa shape index (κ1) is 17.3. The molecule has 0 saturated carbocycles. The molecule has 3 nitrogen and oxygen atoms in total. The zero-order valence-electron chi connectivity index (χ0n) is 12.5. The average molecular weight is 303 g/mol.